The van der Waals surface area contributed by atoms with Gasteiger partial charge < -0.3 is 10.2 Å². The number of thiazole rings is 1. The van der Waals surface area contributed by atoms with Gasteiger partial charge >= 0.3 is 0 Å². The molecule has 0 aliphatic carbocycles. The Hall–Kier alpha value is -1.94. The molecule has 1 aliphatic heterocycles. The molecule has 0 radical (unpaired) electrons. The molecule has 1 fully saturated rings. The molecule has 1 aliphatic rings. The van der Waals surface area contributed by atoms with Crippen molar-refractivity contribution in [1.29, 1.82) is 0 Å². The Bertz CT molecular complexity index is 986. The van der Waals surface area contributed by atoms with E-state index in [1.165, 1.54) is 0 Å². The zero-order valence-electron chi connectivity index (χ0n) is 14.5. The molecule has 2 aromatic heterocycles. The molecule has 0 bridgehead atoms. The summed E-state index contributed by atoms with van der Waals surface area (Å²) in [6.45, 7) is 3.23. The summed E-state index contributed by atoms with van der Waals surface area (Å²) in [5.41, 5.74) is 1.95. The van der Waals surface area contributed by atoms with E-state index in [1.54, 1.807) is 27.8 Å². The van der Waals surface area contributed by atoms with Crippen LogP contribution in [0.3, 0.4) is 0 Å². The van der Waals surface area contributed by atoms with Crippen LogP contribution >= 0.6 is 11.3 Å². The number of nitrogens with zero attached hydrogens (tertiary/aromatic N) is 4. The first-order chi connectivity index (χ1) is 12.5. The third-order valence-electron chi connectivity index (χ3n) is 4.65. The number of sulfonamides is 1. The lowest BCUT2D eigenvalue weighted by Crippen LogP contribution is -2.46. The first-order valence-electron chi connectivity index (χ1n) is 8.46. The maximum atomic E-state index is 12.7. The molecule has 7 nitrogen and oxygen atoms in total. The molecule has 0 amide bonds. The van der Waals surface area contributed by atoms with Gasteiger partial charge in [0.05, 0.1) is 23.3 Å². The van der Waals surface area contributed by atoms with Crippen LogP contribution in [0.1, 0.15) is 5.69 Å². The van der Waals surface area contributed by atoms with Crippen LogP contribution in [0, 0.1) is 0 Å². The average Bonchev–Trinajstić information content (AvgIpc) is 3.25. The summed E-state index contributed by atoms with van der Waals surface area (Å²) < 4.78 is 29.1. The Morgan fingerprint density at radius 2 is 1.88 bits per heavy atom. The van der Waals surface area contributed by atoms with Crippen molar-refractivity contribution >= 4 is 32.0 Å². The van der Waals surface area contributed by atoms with Crippen molar-refractivity contribution in [2.24, 2.45) is 0 Å². The first kappa shape index (κ1) is 17.5. The van der Waals surface area contributed by atoms with Gasteiger partial charge in [0.15, 0.2) is 4.96 Å². The fraction of sp³-hybridized carbons (Fsp3) is 0.353. The number of fused-ring (bicyclic) bond motifs is 1. The van der Waals surface area contributed by atoms with Crippen molar-refractivity contribution in [3.63, 3.8) is 0 Å². The topological polar surface area (TPSA) is 70.0 Å². The van der Waals surface area contributed by atoms with E-state index in [1.807, 2.05) is 41.4 Å². The van der Waals surface area contributed by atoms with E-state index in [2.05, 4.69) is 15.2 Å². The molecule has 1 saturated heterocycles. The van der Waals surface area contributed by atoms with Crippen LogP contribution in [0.25, 0.3) is 4.96 Å². The Kier molecular flexibility index (Phi) is 4.70. The molecule has 138 valence electrons. The Labute approximate surface area is 156 Å². The maximum absolute atomic E-state index is 12.7. The van der Waals surface area contributed by atoms with E-state index in [-0.39, 0.29) is 0 Å². The van der Waals surface area contributed by atoms with E-state index in [9.17, 15) is 8.42 Å². The molecular formula is C17H21N5O2S2. The van der Waals surface area contributed by atoms with Crippen molar-refractivity contribution < 1.29 is 8.42 Å². The van der Waals surface area contributed by atoms with Gasteiger partial charge in [0.2, 0.25) is 10.0 Å². The summed E-state index contributed by atoms with van der Waals surface area (Å²) >= 11 is 1.60. The van der Waals surface area contributed by atoms with Gasteiger partial charge in [-0.2, -0.15) is 4.31 Å². The molecular weight excluding hydrogens is 370 g/mol. The highest BCUT2D eigenvalue weighted by molar-refractivity contribution is 7.89. The van der Waals surface area contributed by atoms with Crippen molar-refractivity contribution in [2.45, 2.75) is 11.4 Å². The number of likely N-dealkylation sites (N-methyl/N-ethyl adjacent to an activating group) is 1. The lowest BCUT2D eigenvalue weighted by atomic mass is 10.3. The average molecular weight is 392 g/mol. The molecule has 4 rings (SSSR count). The Morgan fingerprint density at radius 1 is 1.15 bits per heavy atom. The molecule has 0 saturated carbocycles. The van der Waals surface area contributed by atoms with Crippen molar-refractivity contribution in [3.05, 3.63) is 47.7 Å². The van der Waals surface area contributed by atoms with Crippen molar-refractivity contribution in [1.82, 2.24) is 18.6 Å². The van der Waals surface area contributed by atoms with Gasteiger partial charge in [0.25, 0.3) is 0 Å². The molecule has 0 atom stereocenters. The summed E-state index contributed by atoms with van der Waals surface area (Å²) in [5, 5.41) is 5.33. The number of imidazole rings is 1. The van der Waals surface area contributed by atoms with Gasteiger partial charge in [-0.05, 0) is 31.3 Å². The monoisotopic (exact) mass is 391 g/mol. The summed E-state index contributed by atoms with van der Waals surface area (Å²) in [5.74, 6) is 0. The van der Waals surface area contributed by atoms with E-state index in [0.717, 1.165) is 29.4 Å². The highest BCUT2D eigenvalue weighted by Crippen LogP contribution is 2.20. The highest BCUT2D eigenvalue weighted by atomic mass is 32.2. The molecule has 3 heterocycles. The third kappa shape index (κ3) is 3.35. The zero-order valence-corrected chi connectivity index (χ0v) is 16.1. The minimum Gasteiger partial charge on any atom is -0.379 e. The highest BCUT2D eigenvalue weighted by Gasteiger charge is 2.27. The summed E-state index contributed by atoms with van der Waals surface area (Å²) in [4.78, 5) is 7.80. The largest absolute Gasteiger partial charge is 0.379 e. The number of rotatable bonds is 5. The van der Waals surface area contributed by atoms with Gasteiger partial charge in [-0.25, -0.2) is 13.4 Å². The fourth-order valence-electron chi connectivity index (χ4n) is 3.02. The van der Waals surface area contributed by atoms with Gasteiger partial charge in [-0.15, -0.1) is 11.3 Å². The number of benzene rings is 1. The van der Waals surface area contributed by atoms with E-state index in [4.69, 9.17) is 0 Å². The van der Waals surface area contributed by atoms with Crippen molar-refractivity contribution in [2.75, 3.05) is 38.5 Å². The molecule has 3 aromatic rings. The second-order valence-electron chi connectivity index (χ2n) is 6.39. The van der Waals surface area contributed by atoms with E-state index < -0.39 is 10.0 Å². The fourth-order valence-corrected chi connectivity index (χ4v) is 5.15. The SMILES string of the molecule is CN1CCN(S(=O)(=O)c2ccc(NCc3cnc4sccn34)cc2)CC1. The quantitative estimate of drug-likeness (QED) is 0.720. The van der Waals surface area contributed by atoms with Crippen LogP contribution in [0.15, 0.2) is 46.9 Å². The van der Waals surface area contributed by atoms with Gasteiger partial charge in [0.1, 0.15) is 0 Å². The van der Waals surface area contributed by atoms with E-state index in [0.29, 0.717) is 24.5 Å². The second kappa shape index (κ2) is 6.99. The van der Waals surface area contributed by atoms with Crippen LogP contribution in [-0.2, 0) is 16.6 Å². The standard InChI is InChI=1S/C17H21N5O2S2/c1-20-6-8-21(9-7-20)26(23,24)16-4-2-14(3-5-16)18-12-15-13-19-17-22(15)10-11-25-17/h2-5,10-11,13,18H,6-9,12H2,1H3. The predicted molar refractivity (Wildman–Crippen MR) is 103 cm³/mol. The number of aromatic nitrogens is 2. The number of hydrogen-bond acceptors (Lipinski definition) is 6. The third-order valence-corrected chi connectivity index (χ3v) is 7.33. The normalized spacial score (nSPS) is 17.0. The lowest BCUT2D eigenvalue weighted by molar-refractivity contribution is 0.222. The second-order valence-corrected chi connectivity index (χ2v) is 9.20. The lowest BCUT2D eigenvalue weighted by Gasteiger charge is -2.31. The summed E-state index contributed by atoms with van der Waals surface area (Å²) in [6.07, 6.45) is 3.85. The van der Waals surface area contributed by atoms with Crippen LogP contribution < -0.4 is 5.32 Å². The summed E-state index contributed by atoms with van der Waals surface area (Å²) in [6, 6.07) is 6.97. The van der Waals surface area contributed by atoms with Gasteiger partial charge in [-0.1, -0.05) is 0 Å². The molecule has 0 spiro atoms. The Balaban J connectivity index is 1.44. The number of hydrogen-bond donors (Lipinski definition) is 1. The number of piperazine rings is 1. The molecule has 26 heavy (non-hydrogen) atoms. The molecule has 1 N–H and O–H groups in total. The van der Waals surface area contributed by atoms with E-state index >= 15 is 0 Å². The predicted octanol–water partition coefficient (Wildman–Crippen LogP) is 1.94. The van der Waals surface area contributed by atoms with Crippen LogP contribution in [0.2, 0.25) is 0 Å². The smallest absolute Gasteiger partial charge is 0.243 e. The van der Waals surface area contributed by atoms with Crippen LogP contribution in [-0.4, -0.2) is 60.2 Å². The minimum absolute atomic E-state index is 0.345. The van der Waals surface area contributed by atoms with Crippen LogP contribution in [0.5, 0.6) is 0 Å². The number of nitrogens with one attached hydrogen (secondary N) is 1. The molecule has 0 unspecified atom stereocenters. The molecule has 9 heteroatoms. The van der Waals surface area contributed by atoms with Gasteiger partial charge in [-0.3, -0.25) is 4.40 Å². The van der Waals surface area contributed by atoms with Crippen LogP contribution in [0.4, 0.5) is 5.69 Å². The molecule has 1 aromatic carbocycles. The minimum atomic E-state index is -3.42. The summed E-state index contributed by atoms with van der Waals surface area (Å²) in [7, 11) is -1.41. The zero-order chi connectivity index (χ0) is 18.1. The first-order valence-corrected chi connectivity index (χ1v) is 10.8. The maximum Gasteiger partial charge on any atom is 0.243 e. The Morgan fingerprint density at radius 3 is 2.62 bits per heavy atom. The number of anilines is 1. The van der Waals surface area contributed by atoms with Crippen molar-refractivity contribution in [3.8, 4) is 0 Å². The van der Waals surface area contributed by atoms with Gasteiger partial charge in [0, 0.05) is 43.4 Å².